The van der Waals surface area contributed by atoms with Gasteiger partial charge in [-0.3, -0.25) is 4.90 Å². The number of methoxy groups -OCH3 is 1. The van der Waals surface area contributed by atoms with Crippen molar-refractivity contribution in [3.05, 3.63) is 24.3 Å². The van der Waals surface area contributed by atoms with Crippen LogP contribution in [0.2, 0.25) is 0 Å². The highest BCUT2D eigenvalue weighted by Gasteiger charge is 2.12. The number of nitrogens with zero attached hydrogens (tertiary/aromatic N) is 1. The standard InChI is InChI=1S/C15H24N2O2S/c1-18-14-2-4-15(5-3-14)20-12-13(16)6-7-17-8-10-19-11-9-17/h2-5,13H,6-12,16H2,1H3/t13-/m1/s1. The molecular formula is C15H24N2O2S. The number of morpholine rings is 1. The summed E-state index contributed by atoms with van der Waals surface area (Å²) in [6, 6.07) is 8.38. The zero-order valence-electron chi connectivity index (χ0n) is 12.1. The number of ether oxygens (including phenoxy) is 2. The molecule has 1 aromatic rings. The molecule has 0 bridgehead atoms. The SMILES string of the molecule is COc1ccc(SC[C@H](N)CCN2CCOCC2)cc1. The van der Waals surface area contributed by atoms with Gasteiger partial charge < -0.3 is 15.2 Å². The number of benzene rings is 1. The van der Waals surface area contributed by atoms with Gasteiger partial charge in [-0.1, -0.05) is 0 Å². The molecule has 1 atom stereocenters. The maximum Gasteiger partial charge on any atom is 0.118 e. The van der Waals surface area contributed by atoms with Crippen LogP contribution in [-0.2, 0) is 4.74 Å². The first-order valence-corrected chi connectivity index (χ1v) is 8.09. The highest BCUT2D eigenvalue weighted by molar-refractivity contribution is 7.99. The fourth-order valence-corrected chi connectivity index (χ4v) is 3.03. The minimum atomic E-state index is 0.241. The van der Waals surface area contributed by atoms with Crippen molar-refractivity contribution in [2.24, 2.45) is 5.73 Å². The quantitative estimate of drug-likeness (QED) is 0.778. The van der Waals surface area contributed by atoms with E-state index < -0.39 is 0 Å². The van der Waals surface area contributed by atoms with Crippen LogP contribution in [0, 0.1) is 0 Å². The zero-order valence-corrected chi connectivity index (χ0v) is 12.9. The second-order valence-electron chi connectivity index (χ2n) is 4.99. The summed E-state index contributed by atoms with van der Waals surface area (Å²) in [5.41, 5.74) is 6.19. The molecule has 1 heterocycles. The average molecular weight is 296 g/mol. The van der Waals surface area contributed by atoms with Gasteiger partial charge in [-0.15, -0.1) is 11.8 Å². The van der Waals surface area contributed by atoms with Gasteiger partial charge >= 0.3 is 0 Å². The molecule has 0 unspecified atom stereocenters. The van der Waals surface area contributed by atoms with E-state index >= 15 is 0 Å². The smallest absolute Gasteiger partial charge is 0.118 e. The molecule has 1 fully saturated rings. The predicted molar refractivity (Wildman–Crippen MR) is 83.6 cm³/mol. The highest BCUT2D eigenvalue weighted by Crippen LogP contribution is 2.22. The molecule has 0 aromatic heterocycles. The van der Waals surface area contributed by atoms with Crippen LogP contribution < -0.4 is 10.5 Å². The van der Waals surface area contributed by atoms with Gasteiger partial charge in [0, 0.05) is 29.8 Å². The highest BCUT2D eigenvalue weighted by atomic mass is 32.2. The Morgan fingerprint density at radius 1 is 1.30 bits per heavy atom. The lowest BCUT2D eigenvalue weighted by Crippen LogP contribution is -2.39. The topological polar surface area (TPSA) is 47.7 Å². The third-order valence-corrected chi connectivity index (χ3v) is 4.64. The minimum absolute atomic E-state index is 0.241. The molecule has 0 spiro atoms. The molecule has 0 saturated carbocycles. The van der Waals surface area contributed by atoms with Crippen molar-refractivity contribution in [1.82, 2.24) is 4.90 Å². The van der Waals surface area contributed by atoms with Crippen molar-refractivity contribution in [2.45, 2.75) is 17.4 Å². The molecule has 0 amide bonds. The lowest BCUT2D eigenvalue weighted by Gasteiger charge is -2.27. The molecule has 0 radical (unpaired) electrons. The fraction of sp³-hybridized carbons (Fsp3) is 0.600. The van der Waals surface area contributed by atoms with E-state index in [1.807, 2.05) is 23.9 Å². The van der Waals surface area contributed by atoms with Gasteiger partial charge in [-0.05, 0) is 37.2 Å². The van der Waals surface area contributed by atoms with Crippen molar-refractivity contribution in [3.8, 4) is 5.75 Å². The third-order valence-electron chi connectivity index (χ3n) is 3.44. The van der Waals surface area contributed by atoms with Crippen LogP contribution in [0.25, 0.3) is 0 Å². The Labute approximate surface area is 125 Å². The molecule has 1 aliphatic rings. The Bertz CT molecular complexity index is 380. The van der Waals surface area contributed by atoms with Crippen LogP contribution in [0.3, 0.4) is 0 Å². The number of thioether (sulfide) groups is 1. The van der Waals surface area contributed by atoms with E-state index in [0.717, 1.165) is 50.8 Å². The molecule has 2 N–H and O–H groups in total. The van der Waals surface area contributed by atoms with Crippen molar-refractivity contribution in [2.75, 3.05) is 45.7 Å². The van der Waals surface area contributed by atoms with Crippen LogP contribution in [-0.4, -0.2) is 56.7 Å². The summed E-state index contributed by atoms with van der Waals surface area (Å²) in [6.45, 7) is 4.87. The van der Waals surface area contributed by atoms with Crippen LogP contribution in [0.15, 0.2) is 29.2 Å². The van der Waals surface area contributed by atoms with E-state index in [1.165, 1.54) is 4.90 Å². The molecule has 20 heavy (non-hydrogen) atoms. The van der Waals surface area contributed by atoms with Gasteiger partial charge in [0.05, 0.1) is 20.3 Å². The molecule has 0 aliphatic carbocycles. The second-order valence-corrected chi connectivity index (χ2v) is 6.08. The third kappa shape index (κ3) is 5.32. The van der Waals surface area contributed by atoms with Crippen LogP contribution in [0.4, 0.5) is 0 Å². The Hall–Kier alpha value is -0.750. The minimum Gasteiger partial charge on any atom is -0.497 e. The largest absolute Gasteiger partial charge is 0.497 e. The molecule has 2 rings (SSSR count). The van der Waals surface area contributed by atoms with E-state index in [1.54, 1.807) is 7.11 Å². The van der Waals surface area contributed by atoms with Crippen molar-refractivity contribution in [3.63, 3.8) is 0 Å². The van der Waals surface area contributed by atoms with Crippen LogP contribution >= 0.6 is 11.8 Å². The normalized spacial score (nSPS) is 17.9. The molecule has 4 nitrogen and oxygen atoms in total. The molecular weight excluding hydrogens is 272 g/mol. The van der Waals surface area contributed by atoms with Gasteiger partial charge in [0.25, 0.3) is 0 Å². The molecule has 5 heteroatoms. The summed E-state index contributed by atoms with van der Waals surface area (Å²) >= 11 is 1.81. The maximum atomic E-state index is 6.19. The first-order chi connectivity index (χ1) is 9.78. The van der Waals surface area contributed by atoms with Crippen LogP contribution in [0.1, 0.15) is 6.42 Å². The number of hydrogen-bond acceptors (Lipinski definition) is 5. The predicted octanol–water partition coefficient (Wildman–Crippen LogP) is 1.84. The Balaban J connectivity index is 1.64. The summed E-state index contributed by atoms with van der Waals surface area (Å²) < 4.78 is 10.5. The van der Waals surface area contributed by atoms with Crippen molar-refractivity contribution >= 4 is 11.8 Å². The van der Waals surface area contributed by atoms with Gasteiger partial charge in [0.2, 0.25) is 0 Å². The molecule has 1 saturated heterocycles. The Morgan fingerprint density at radius 2 is 2.00 bits per heavy atom. The summed E-state index contributed by atoms with van der Waals surface area (Å²) in [4.78, 5) is 3.68. The monoisotopic (exact) mass is 296 g/mol. The van der Waals surface area contributed by atoms with Gasteiger partial charge in [0.15, 0.2) is 0 Å². The van der Waals surface area contributed by atoms with E-state index in [2.05, 4.69) is 17.0 Å². The van der Waals surface area contributed by atoms with Crippen LogP contribution in [0.5, 0.6) is 5.75 Å². The Morgan fingerprint density at radius 3 is 2.65 bits per heavy atom. The van der Waals surface area contributed by atoms with Crippen molar-refractivity contribution in [1.29, 1.82) is 0 Å². The second kappa shape index (κ2) is 8.52. The van der Waals surface area contributed by atoms with E-state index in [0.29, 0.717) is 0 Å². The first kappa shape index (κ1) is 15.6. The van der Waals surface area contributed by atoms with E-state index in [-0.39, 0.29) is 6.04 Å². The summed E-state index contributed by atoms with van der Waals surface area (Å²) in [6.07, 6.45) is 1.04. The first-order valence-electron chi connectivity index (χ1n) is 7.10. The number of rotatable bonds is 7. The fourth-order valence-electron chi connectivity index (χ4n) is 2.13. The van der Waals surface area contributed by atoms with Gasteiger partial charge in [-0.25, -0.2) is 0 Å². The summed E-state index contributed by atoms with van der Waals surface area (Å²) in [7, 11) is 1.68. The lowest BCUT2D eigenvalue weighted by atomic mass is 10.2. The number of nitrogens with two attached hydrogens (primary N) is 1. The van der Waals surface area contributed by atoms with E-state index in [4.69, 9.17) is 15.2 Å². The number of hydrogen-bond donors (Lipinski definition) is 1. The van der Waals surface area contributed by atoms with Gasteiger partial charge in [0.1, 0.15) is 5.75 Å². The Kier molecular flexibility index (Phi) is 6.66. The van der Waals surface area contributed by atoms with Gasteiger partial charge in [-0.2, -0.15) is 0 Å². The molecule has 112 valence electrons. The summed E-state index contributed by atoms with van der Waals surface area (Å²) in [5.74, 6) is 1.85. The van der Waals surface area contributed by atoms with E-state index in [9.17, 15) is 0 Å². The molecule has 1 aliphatic heterocycles. The maximum absolute atomic E-state index is 6.19. The zero-order chi connectivity index (χ0) is 14.2. The lowest BCUT2D eigenvalue weighted by molar-refractivity contribution is 0.0369. The molecule has 1 aromatic carbocycles. The average Bonchev–Trinajstić information content (AvgIpc) is 2.52. The van der Waals surface area contributed by atoms with Crippen molar-refractivity contribution < 1.29 is 9.47 Å². The summed E-state index contributed by atoms with van der Waals surface area (Å²) in [5, 5.41) is 0.